The van der Waals surface area contributed by atoms with E-state index in [1.54, 1.807) is 24.3 Å². The summed E-state index contributed by atoms with van der Waals surface area (Å²) in [5, 5.41) is 8.59. The van der Waals surface area contributed by atoms with Crippen LogP contribution in [0, 0.1) is 0 Å². The molecule has 0 bridgehead atoms. The zero-order valence-corrected chi connectivity index (χ0v) is 9.21. The highest BCUT2D eigenvalue weighted by molar-refractivity contribution is 9.10. The van der Waals surface area contributed by atoms with Crippen LogP contribution in [0.3, 0.4) is 0 Å². The summed E-state index contributed by atoms with van der Waals surface area (Å²) < 4.78 is 14.2. The van der Waals surface area contributed by atoms with Crippen molar-refractivity contribution in [1.29, 1.82) is 0 Å². The maximum Gasteiger partial charge on any atom is 0.341 e. The van der Waals surface area contributed by atoms with E-state index in [1.807, 2.05) is 0 Å². The molecule has 4 heteroatoms. The lowest BCUT2D eigenvalue weighted by Gasteiger charge is -2.14. The Morgan fingerprint density at radius 2 is 2.29 bits per heavy atom. The van der Waals surface area contributed by atoms with Crippen molar-refractivity contribution < 1.29 is 14.3 Å². The van der Waals surface area contributed by atoms with Crippen molar-refractivity contribution in [3.63, 3.8) is 0 Å². The lowest BCUT2D eigenvalue weighted by atomic mass is 9.99. The van der Waals surface area contributed by atoms with Gasteiger partial charge in [0.15, 0.2) is 0 Å². The van der Waals surface area contributed by atoms with Crippen molar-refractivity contribution in [2.24, 2.45) is 0 Å². The van der Waals surface area contributed by atoms with Crippen molar-refractivity contribution in [3.05, 3.63) is 34.3 Å². The third kappa shape index (κ3) is 2.80. The Bertz CT molecular complexity index is 350. The maximum absolute atomic E-state index is 13.4. The lowest BCUT2D eigenvalue weighted by Crippen LogP contribution is -2.32. The second-order valence-electron chi connectivity index (χ2n) is 3.31. The number of aliphatic carboxylic acids is 1. The molecule has 2 nitrogen and oxygen atoms in total. The van der Waals surface area contributed by atoms with E-state index >= 15 is 0 Å². The van der Waals surface area contributed by atoms with Crippen LogP contribution in [0.1, 0.15) is 12.5 Å². The fraction of sp³-hybridized carbons (Fsp3) is 0.300. The Kier molecular flexibility index (Phi) is 3.26. The number of carboxylic acids is 1. The SMILES string of the molecule is CC(F)(Cc1cccc(Br)c1)C(=O)O. The molecule has 0 saturated heterocycles. The van der Waals surface area contributed by atoms with Gasteiger partial charge in [-0.05, 0) is 24.6 Å². The van der Waals surface area contributed by atoms with E-state index in [0.717, 1.165) is 11.4 Å². The summed E-state index contributed by atoms with van der Waals surface area (Å²) in [6.45, 7) is 1.07. The van der Waals surface area contributed by atoms with E-state index in [0.29, 0.717) is 5.56 Å². The Balaban J connectivity index is 2.83. The molecule has 0 heterocycles. The molecule has 76 valence electrons. The highest BCUT2D eigenvalue weighted by Gasteiger charge is 2.32. The van der Waals surface area contributed by atoms with E-state index in [-0.39, 0.29) is 6.42 Å². The van der Waals surface area contributed by atoms with E-state index < -0.39 is 11.6 Å². The number of hydrogen-bond acceptors (Lipinski definition) is 1. The van der Waals surface area contributed by atoms with Gasteiger partial charge in [-0.1, -0.05) is 28.1 Å². The predicted molar refractivity (Wildman–Crippen MR) is 55.0 cm³/mol. The third-order valence-corrected chi connectivity index (χ3v) is 2.36. The first-order valence-electron chi connectivity index (χ1n) is 4.08. The summed E-state index contributed by atoms with van der Waals surface area (Å²) in [4.78, 5) is 10.5. The van der Waals surface area contributed by atoms with Gasteiger partial charge in [-0.3, -0.25) is 0 Å². The largest absolute Gasteiger partial charge is 0.479 e. The van der Waals surface area contributed by atoms with Gasteiger partial charge in [0.2, 0.25) is 5.67 Å². The highest BCUT2D eigenvalue weighted by Crippen LogP contribution is 2.20. The first kappa shape index (κ1) is 11.2. The number of halogens is 2. The minimum Gasteiger partial charge on any atom is -0.479 e. The van der Waals surface area contributed by atoms with Crippen LogP contribution in [0.5, 0.6) is 0 Å². The normalized spacial score (nSPS) is 14.8. The first-order valence-corrected chi connectivity index (χ1v) is 4.88. The molecule has 0 aromatic heterocycles. The summed E-state index contributed by atoms with van der Waals surface area (Å²) in [7, 11) is 0. The number of carboxylic acid groups (broad SMARTS) is 1. The van der Waals surface area contributed by atoms with Gasteiger partial charge >= 0.3 is 5.97 Å². The maximum atomic E-state index is 13.4. The summed E-state index contributed by atoms with van der Waals surface area (Å²) in [5.74, 6) is -1.43. The molecule has 0 amide bonds. The number of benzene rings is 1. The number of carbonyl (C=O) groups is 1. The molecule has 1 N–H and O–H groups in total. The Hall–Kier alpha value is -0.900. The second-order valence-corrected chi connectivity index (χ2v) is 4.22. The first-order chi connectivity index (χ1) is 6.42. The molecule has 0 spiro atoms. The smallest absolute Gasteiger partial charge is 0.341 e. The van der Waals surface area contributed by atoms with Crippen molar-refractivity contribution in [2.45, 2.75) is 19.0 Å². The lowest BCUT2D eigenvalue weighted by molar-refractivity contribution is -0.149. The van der Waals surface area contributed by atoms with E-state index in [4.69, 9.17) is 5.11 Å². The molecule has 1 rings (SSSR count). The van der Waals surface area contributed by atoms with Crippen LogP contribution in [0.15, 0.2) is 28.7 Å². The van der Waals surface area contributed by atoms with E-state index in [9.17, 15) is 9.18 Å². The summed E-state index contributed by atoms with van der Waals surface area (Å²) in [5.41, 5.74) is -1.55. The van der Waals surface area contributed by atoms with E-state index in [2.05, 4.69) is 15.9 Å². The molecule has 1 aromatic carbocycles. The molecule has 0 radical (unpaired) electrons. The van der Waals surface area contributed by atoms with Crippen LogP contribution in [0.25, 0.3) is 0 Å². The molecule has 1 unspecified atom stereocenters. The van der Waals surface area contributed by atoms with Crippen molar-refractivity contribution in [1.82, 2.24) is 0 Å². The molecule has 0 aliphatic carbocycles. The summed E-state index contributed by atoms with van der Waals surface area (Å²) >= 11 is 3.24. The quantitative estimate of drug-likeness (QED) is 0.908. The van der Waals surface area contributed by atoms with Crippen molar-refractivity contribution in [2.75, 3.05) is 0 Å². The van der Waals surface area contributed by atoms with Crippen LogP contribution in [0.4, 0.5) is 4.39 Å². The number of alkyl halides is 1. The van der Waals surface area contributed by atoms with Crippen LogP contribution < -0.4 is 0 Å². The number of rotatable bonds is 3. The second kappa shape index (κ2) is 4.09. The van der Waals surface area contributed by atoms with Gasteiger partial charge in [0.05, 0.1) is 0 Å². The molecular weight excluding hydrogens is 251 g/mol. The topological polar surface area (TPSA) is 37.3 Å². The van der Waals surface area contributed by atoms with Gasteiger partial charge in [0.25, 0.3) is 0 Å². The molecule has 0 aliphatic heterocycles. The fourth-order valence-electron chi connectivity index (χ4n) is 1.11. The monoisotopic (exact) mass is 260 g/mol. The predicted octanol–water partition coefficient (Wildman–Crippen LogP) is 2.80. The van der Waals surface area contributed by atoms with Gasteiger partial charge < -0.3 is 5.11 Å². The molecule has 0 fully saturated rings. The fourth-order valence-corrected chi connectivity index (χ4v) is 1.55. The van der Waals surface area contributed by atoms with Crippen LogP contribution in [-0.4, -0.2) is 16.7 Å². The molecule has 1 aromatic rings. The van der Waals surface area contributed by atoms with Gasteiger partial charge in [0, 0.05) is 10.9 Å². The standard InChI is InChI=1S/C10H10BrFO2/c1-10(12,9(13)14)6-7-3-2-4-8(11)5-7/h2-5H,6H2,1H3,(H,13,14). The average Bonchev–Trinajstić information content (AvgIpc) is 2.02. The minimum absolute atomic E-state index is 0.123. The van der Waals surface area contributed by atoms with Crippen LogP contribution in [0.2, 0.25) is 0 Å². The molecule has 14 heavy (non-hydrogen) atoms. The summed E-state index contributed by atoms with van der Waals surface area (Å²) in [6, 6.07) is 6.96. The van der Waals surface area contributed by atoms with Crippen molar-refractivity contribution >= 4 is 21.9 Å². The molecular formula is C10H10BrFO2. The van der Waals surface area contributed by atoms with E-state index in [1.165, 1.54) is 0 Å². The Labute approximate surface area is 89.9 Å². The number of hydrogen-bond donors (Lipinski definition) is 1. The van der Waals surface area contributed by atoms with Gasteiger partial charge in [-0.25, -0.2) is 9.18 Å². The van der Waals surface area contributed by atoms with Gasteiger partial charge in [-0.2, -0.15) is 0 Å². The van der Waals surface area contributed by atoms with Gasteiger partial charge in [-0.15, -0.1) is 0 Å². The highest BCUT2D eigenvalue weighted by atomic mass is 79.9. The Morgan fingerprint density at radius 1 is 1.64 bits per heavy atom. The van der Waals surface area contributed by atoms with Crippen LogP contribution >= 0.6 is 15.9 Å². The minimum atomic E-state index is -2.21. The summed E-state index contributed by atoms with van der Waals surface area (Å²) in [6.07, 6.45) is -0.123. The Morgan fingerprint density at radius 3 is 2.79 bits per heavy atom. The van der Waals surface area contributed by atoms with Gasteiger partial charge in [0.1, 0.15) is 0 Å². The molecule has 0 saturated carbocycles. The van der Waals surface area contributed by atoms with Crippen LogP contribution in [-0.2, 0) is 11.2 Å². The third-order valence-electron chi connectivity index (χ3n) is 1.87. The van der Waals surface area contributed by atoms with Crippen molar-refractivity contribution in [3.8, 4) is 0 Å². The zero-order valence-electron chi connectivity index (χ0n) is 7.63. The molecule has 1 atom stereocenters. The zero-order chi connectivity index (χ0) is 10.8. The average molecular weight is 261 g/mol. The molecule has 0 aliphatic rings.